The van der Waals surface area contributed by atoms with E-state index < -0.39 is 0 Å². The Bertz CT molecular complexity index is 362. The van der Waals surface area contributed by atoms with Gasteiger partial charge < -0.3 is 15.2 Å². The van der Waals surface area contributed by atoms with Gasteiger partial charge in [-0.05, 0) is 37.5 Å². The van der Waals surface area contributed by atoms with E-state index >= 15 is 0 Å². The number of unbranched alkanes of at least 4 members (excludes halogenated alkanes) is 2. The number of ether oxygens (including phenoxy) is 2. The lowest BCUT2D eigenvalue weighted by molar-refractivity contribution is -0.143. The van der Waals surface area contributed by atoms with E-state index in [1.54, 1.807) is 0 Å². The fourth-order valence-electron chi connectivity index (χ4n) is 1.69. The van der Waals surface area contributed by atoms with E-state index in [0.29, 0.717) is 26.2 Å². The van der Waals surface area contributed by atoms with Crippen molar-refractivity contribution in [2.75, 3.05) is 18.9 Å². The van der Waals surface area contributed by atoms with E-state index in [-0.39, 0.29) is 5.97 Å². The van der Waals surface area contributed by atoms with Gasteiger partial charge in [0.15, 0.2) is 0 Å². The van der Waals surface area contributed by atoms with E-state index in [4.69, 9.17) is 15.2 Å². The van der Waals surface area contributed by atoms with Gasteiger partial charge in [-0.15, -0.1) is 0 Å². The lowest BCUT2D eigenvalue weighted by Crippen LogP contribution is -2.03. The Morgan fingerprint density at radius 3 is 2.58 bits per heavy atom. The standard InChI is InChI=1S/C15H23NO3/c1-2-19-15(17)6-4-3-5-11-18-12-13-7-9-14(16)10-8-13/h7-10H,2-6,11-12,16H2,1H3. The molecule has 0 saturated carbocycles. The summed E-state index contributed by atoms with van der Waals surface area (Å²) in [7, 11) is 0. The predicted octanol–water partition coefficient (Wildman–Crippen LogP) is 2.91. The van der Waals surface area contributed by atoms with Crippen molar-refractivity contribution in [1.29, 1.82) is 0 Å². The molecule has 1 aromatic carbocycles. The first kappa shape index (κ1) is 15.5. The number of benzene rings is 1. The van der Waals surface area contributed by atoms with Gasteiger partial charge in [-0.2, -0.15) is 0 Å². The van der Waals surface area contributed by atoms with E-state index in [0.717, 1.165) is 30.5 Å². The maximum atomic E-state index is 11.1. The van der Waals surface area contributed by atoms with Gasteiger partial charge in [0.25, 0.3) is 0 Å². The monoisotopic (exact) mass is 265 g/mol. The molecule has 0 heterocycles. The van der Waals surface area contributed by atoms with Crippen molar-refractivity contribution in [1.82, 2.24) is 0 Å². The van der Waals surface area contributed by atoms with Crippen LogP contribution in [0.25, 0.3) is 0 Å². The number of carbonyl (C=O) groups is 1. The summed E-state index contributed by atoms with van der Waals surface area (Å²) in [6.45, 7) is 3.61. The van der Waals surface area contributed by atoms with E-state index in [2.05, 4.69) is 0 Å². The summed E-state index contributed by atoms with van der Waals surface area (Å²) >= 11 is 0. The largest absolute Gasteiger partial charge is 0.466 e. The summed E-state index contributed by atoms with van der Waals surface area (Å²) in [5, 5.41) is 0. The van der Waals surface area contributed by atoms with Gasteiger partial charge in [-0.25, -0.2) is 0 Å². The van der Waals surface area contributed by atoms with Gasteiger partial charge in [-0.3, -0.25) is 4.79 Å². The van der Waals surface area contributed by atoms with Crippen LogP contribution in [0, 0.1) is 0 Å². The SMILES string of the molecule is CCOC(=O)CCCCCOCc1ccc(N)cc1. The average Bonchev–Trinajstić information content (AvgIpc) is 2.40. The Hall–Kier alpha value is -1.55. The second kappa shape index (κ2) is 9.39. The molecule has 0 radical (unpaired) electrons. The molecule has 4 heteroatoms. The molecule has 2 N–H and O–H groups in total. The Morgan fingerprint density at radius 2 is 1.89 bits per heavy atom. The molecular weight excluding hydrogens is 242 g/mol. The first-order chi connectivity index (χ1) is 9.22. The van der Waals surface area contributed by atoms with Crippen LogP contribution in [0.5, 0.6) is 0 Å². The Kier molecular flexibility index (Phi) is 7.66. The number of carbonyl (C=O) groups excluding carboxylic acids is 1. The highest BCUT2D eigenvalue weighted by Gasteiger charge is 2.00. The van der Waals surface area contributed by atoms with Crippen molar-refractivity contribution >= 4 is 11.7 Å². The summed E-state index contributed by atoms with van der Waals surface area (Å²) in [4.78, 5) is 11.1. The molecule has 1 aromatic rings. The van der Waals surface area contributed by atoms with Crippen molar-refractivity contribution in [2.24, 2.45) is 0 Å². The first-order valence-corrected chi connectivity index (χ1v) is 6.80. The van der Waals surface area contributed by atoms with Crippen LogP contribution in [0.3, 0.4) is 0 Å². The van der Waals surface area contributed by atoms with Gasteiger partial charge in [0, 0.05) is 18.7 Å². The molecule has 0 amide bonds. The molecule has 106 valence electrons. The summed E-state index contributed by atoms with van der Waals surface area (Å²) in [6, 6.07) is 7.68. The molecule has 1 rings (SSSR count). The van der Waals surface area contributed by atoms with Crippen LogP contribution in [0.2, 0.25) is 0 Å². The highest BCUT2D eigenvalue weighted by Crippen LogP contribution is 2.07. The highest BCUT2D eigenvalue weighted by atomic mass is 16.5. The molecule has 0 bridgehead atoms. The summed E-state index contributed by atoms with van der Waals surface area (Å²) in [5.74, 6) is -0.106. The Balaban J connectivity index is 1.96. The fraction of sp³-hybridized carbons (Fsp3) is 0.533. The van der Waals surface area contributed by atoms with Gasteiger partial charge in [0.05, 0.1) is 13.2 Å². The van der Waals surface area contributed by atoms with Gasteiger partial charge in [0.1, 0.15) is 0 Å². The fourth-order valence-corrected chi connectivity index (χ4v) is 1.69. The zero-order valence-corrected chi connectivity index (χ0v) is 11.6. The Morgan fingerprint density at radius 1 is 1.16 bits per heavy atom. The highest BCUT2D eigenvalue weighted by molar-refractivity contribution is 5.69. The lowest BCUT2D eigenvalue weighted by atomic mass is 10.2. The molecular formula is C15H23NO3. The van der Waals surface area contributed by atoms with Crippen LogP contribution in [-0.2, 0) is 20.9 Å². The van der Waals surface area contributed by atoms with Crippen molar-refractivity contribution in [3.05, 3.63) is 29.8 Å². The molecule has 0 unspecified atom stereocenters. The second-order valence-electron chi connectivity index (χ2n) is 4.41. The number of nitrogens with two attached hydrogens (primary N) is 1. The molecule has 0 fully saturated rings. The molecule has 0 spiro atoms. The minimum absolute atomic E-state index is 0.106. The van der Waals surface area contributed by atoms with Gasteiger partial charge in [0.2, 0.25) is 0 Å². The molecule has 0 aliphatic heterocycles. The van der Waals surface area contributed by atoms with Gasteiger partial charge in [-0.1, -0.05) is 18.6 Å². The number of nitrogen functional groups attached to an aromatic ring is 1. The number of hydrogen-bond donors (Lipinski definition) is 1. The van der Waals surface area contributed by atoms with Crippen LogP contribution in [0.1, 0.15) is 38.2 Å². The second-order valence-corrected chi connectivity index (χ2v) is 4.41. The van der Waals surface area contributed by atoms with E-state index in [1.807, 2.05) is 31.2 Å². The third-order valence-corrected chi connectivity index (χ3v) is 2.72. The summed E-state index contributed by atoms with van der Waals surface area (Å²) < 4.78 is 10.4. The minimum Gasteiger partial charge on any atom is -0.466 e. The number of rotatable bonds is 9. The zero-order chi connectivity index (χ0) is 13.9. The van der Waals surface area contributed by atoms with Crippen molar-refractivity contribution in [2.45, 2.75) is 39.2 Å². The third-order valence-electron chi connectivity index (χ3n) is 2.72. The quantitative estimate of drug-likeness (QED) is 0.423. The van der Waals surface area contributed by atoms with Gasteiger partial charge >= 0.3 is 5.97 Å². The van der Waals surface area contributed by atoms with Crippen LogP contribution in [0.4, 0.5) is 5.69 Å². The number of anilines is 1. The third kappa shape index (κ3) is 7.47. The van der Waals surface area contributed by atoms with E-state index in [1.165, 1.54) is 0 Å². The smallest absolute Gasteiger partial charge is 0.305 e. The molecule has 0 aliphatic carbocycles. The summed E-state index contributed by atoms with van der Waals surface area (Å²) in [5.41, 5.74) is 7.50. The summed E-state index contributed by atoms with van der Waals surface area (Å²) in [6.07, 6.45) is 3.32. The minimum atomic E-state index is -0.106. The lowest BCUT2D eigenvalue weighted by Gasteiger charge is -2.05. The molecule has 0 saturated heterocycles. The zero-order valence-electron chi connectivity index (χ0n) is 11.6. The van der Waals surface area contributed by atoms with Crippen LogP contribution in [-0.4, -0.2) is 19.2 Å². The normalized spacial score (nSPS) is 10.4. The van der Waals surface area contributed by atoms with Crippen molar-refractivity contribution in [3.63, 3.8) is 0 Å². The molecule has 4 nitrogen and oxygen atoms in total. The topological polar surface area (TPSA) is 61.5 Å². The maximum absolute atomic E-state index is 11.1. The molecule has 0 atom stereocenters. The first-order valence-electron chi connectivity index (χ1n) is 6.80. The number of esters is 1. The average molecular weight is 265 g/mol. The molecule has 19 heavy (non-hydrogen) atoms. The predicted molar refractivity (Wildman–Crippen MR) is 75.6 cm³/mol. The maximum Gasteiger partial charge on any atom is 0.305 e. The van der Waals surface area contributed by atoms with Crippen LogP contribution < -0.4 is 5.73 Å². The van der Waals surface area contributed by atoms with Crippen molar-refractivity contribution in [3.8, 4) is 0 Å². The van der Waals surface area contributed by atoms with Crippen molar-refractivity contribution < 1.29 is 14.3 Å². The van der Waals surface area contributed by atoms with E-state index in [9.17, 15) is 4.79 Å². The number of hydrogen-bond acceptors (Lipinski definition) is 4. The molecule has 0 aliphatic rings. The van der Waals surface area contributed by atoms with Crippen LogP contribution in [0.15, 0.2) is 24.3 Å². The van der Waals surface area contributed by atoms with Crippen LogP contribution >= 0.6 is 0 Å². The Labute approximate surface area is 114 Å². The molecule has 0 aromatic heterocycles.